The SMILES string of the molecule is COC(=O)[C@@H](C)c1ccc2cc(OP(=O)(Cl)NC(C(=O)O)C(C)C)ccc2c1. The highest BCUT2D eigenvalue weighted by atomic mass is 35.7. The molecule has 2 aromatic carbocycles. The van der Waals surface area contributed by atoms with Crippen LogP contribution in [-0.2, 0) is 18.9 Å². The molecule has 0 aliphatic rings. The number of carbonyl (C=O) groups excluding carboxylic acids is 1. The molecule has 2 aromatic rings. The van der Waals surface area contributed by atoms with Gasteiger partial charge in [-0.25, -0.2) is 9.65 Å². The highest BCUT2D eigenvalue weighted by molar-refractivity contribution is 7.84. The van der Waals surface area contributed by atoms with Crippen molar-refractivity contribution < 1.29 is 28.5 Å². The van der Waals surface area contributed by atoms with E-state index in [-0.39, 0.29) is 17.6 Å². The minimum atomic E-state index is -3.92. The molecule has 0 radical (unpaired) electrons. The zero-order valence-electron chi connectivity index (χ0n) is 16.0. The van der Waals surface area contributed by atoms with Crippen LogP contribution in [0.25, 0.3) is 10.8 Å². The number of nitrogens with one attached hydrogen (secondary N) is 1. The summed E-state index contributed by atoms with van der Waals surface area (Å²) in [4.78, 5) is 23.0. The van der Waals surface area contributed by atoms with Crippen LogP contribution in [0, 0.1) is 5.92 Å². The van der Waals surface area contributed by atoms with E-state index in [1.165, 1.54) is 7.11 Å². The van der Waals surface area contributed by atoms with Crippen molar-refractivity contribution in [2.45, 2.75) is 32.7 Å². The molecule has 2 N–H and O–H groups in total. The Morgan fingerprint density at radius 2 is 1.71 bits per heavy atom. The van der Waals surface area contributed by atoms with Crippen molar-refractivity contribution in [3.05, 3.63) is 42.0 Å². The number of ether oxygens (including phenoxy) is 1. The molecular weight excluding hydrogens is 405 g/mol. The van der Waals surface area contributed by atoms with Crippen molar-refractivity contribution in [2.24, 2.45) is 5.92 Å². The first-order chi connectivity index (χ1) is 13.0. The largest absolute Gasteiger partial charge is 0.480 e. The number of benzene rings is 2. The summed E-state index contributed by atoms with van der Waals surface area (Å²) in [5.41, 5.74) is 0.805. The second-order valence-electron chi connectivity index (χ2n) is 6.77. The number of hydrogen-bond donors (Lipinski definition) is 2. The molecule has 2 unspecified atom stereocenters. The Morgan fingerprint density at radius 1 is 1.11 bits per heavy atom. The minimum Gasteiger partial charge on any atom is -0.480 e. The van der Waals surface area contributed by atoms with E-state index < -0.39 is 24.8 Å². The van der Waals surface area contributed by atoms with E-state index in [0.717, 1.165) is 16.3 Å². The summed E-state index contributed by atoms with van der Waals surface area (Å²) < 4.78 is 22.6. The lowest BCUT2D eigenvalue weighted by molar-refractivity contribution is -0.142. The molecule has 2 rings (SSSR count). The van der Waals surface area contributed by atoms with Crippen molar-refractivity contribution in [3.8, 4) is 5.75 Å². The lowest BCUT2D eigenvalue weighted by Crippen LogP contribution is -2.38. The van der Waals surface area contributed by atoms with Gasteiger partial charge in [0.1, 0.15) is 11.8 Å². The fraction of sp³-hybridized carbons (Fsp3) is 0.368. The Kier molecular flexibility index (Phi) is 7.10. The third kappa shape index (κ3) is 5.47. The number of rotatable bonds is 8. The van der Waals surface area contributed by atoms with Crippen LogP contribution in [0.1, 0.15) is 32.3 Å². The van der Waals surface area contributed by atoms with E-state index in [9.17, 15) is 19.3 Å². The quantitative estimate of drug-likeness (QED) is 0.471. The van der Waals surface area contributed by atoms with Gasteiger partial charge in [-0.05, 0) is 41.3 Å². The molecule has 0 amide bonds. The van der Waals surface area contributed by atoms with E-state index in [1.54, 1.807) is 51.1 Å². The van der Waals surface area contributed by atoms with Crippen molar-refractivity contribution in [1.29, 1.82) is 0 Å². The van der Waals surface area contributed by atoms with Crippen LogP contribution in [0.2, 0.25) is 0 Å². The molecule has 152 valence electrons. The molecule has 0 heterocycles. The van der Waals surface area contributed by atoms with Gasteiger partial charge >= 0.3 is 18.8 Å². The zero-order chi connectivity index (χ0) is 21.1. The predicted octanol–water partition coefficient (Wildman–Crippen LogP) is 4.54. The average molecular weight is 428 g/mol. The Balaban J connectivity index is 2.23. The van der Waals surface area contributed by atoms with Crippen LogP contribution in [0.4, 0.5) is 0 Å². The van der Waals surface area contributed by atoms with E-state index in [4.69, 9.17) is 20.5 Å². The van der Waals surface area contributed by atoms with E-state index in [1.807, 2.05) is 6.07 Å². The maximum absolute atomic E-state index is 12.5. The average Bonchev–Trinajstić information content (AvgIpc) is 2.63. The third-order valence-corrected chi connectivity index (χ3v) is 5.87. The molecule has 0 fully saturated rings. The molecule has 28 heavy (non-hydrogen) atoms. The van der Waals surface area contributed by atoms with E-state index in [0.29, 0.717) is 0 Å². The second-order valence-corrected chi connectivity index (χ2v) is 9.51. The van der Waals surface area contributed by atoms with Crippen molar-refractivity contribution in [3.63, 3.8) is 0 Å². The summed E-state index contributed by atoms with van der Waals surface area (Å²) in [6.45, 7) is 1.18. The van der Waals surface area contributed by atoms with Crippen LogP contribution in [0.3, 0.4) is 0 Å². The molecule has 9 heteroatoms. The smallest absolute Gasteiger partial charge is 0.409 e. The first kappa shape index (κ1) is 22.2. The Labute approximate surface area is 168 Å². The molecule has 0 bridgehead atoms. The fourth-order valence-electron chi connectivity index (χ4n) is 2.70. The number of carboxylic acid groups (broad SMARTS) is 1. The van der Waals surface area contributed by atoms with Gasteiger partial charge in [0.25, 0.3) is 0 Å². The first-order valence-corrected chi connectivity index (χ1v) is 11.2. The number of aliphatic carboxylic acids is 1. The molecular formula is C19H23ClNO6P. The molecule has 0 aromatic heterocycles. The molecule has 7 nitrogen and oxygen atoms in total. The van der Waals surface area contributed by atoms with Crippen LogP contribution in [0.5, 0.6) is 5.75 Å². The molecule has 0 aliphatic heterocycles. The summed E-state index contributed by atoms with van der Waals surface area (Å²) in [7, 11) is 1.34. The number of esters is 1. The van der Waals surface area contributed by atoms with Gasteiger partial charge in [-0.3, -0.25) is 9.59 Å². The van der Waals surface area contributed by atoms with E-state index in [2.05, 4.69) is 5.09 Å². The molecule has 3 atom stereocenters. The van der Waals surface area contributed by atoms with E-state index >= 15 is 0 Å². The summed E-state index contributed by atoms with van der Waals surface area (Å²) in [5, 5.41) is 13.2. The maximum Gasteiger partial charge on any atom is 0.409 e. The standard InChI is InChI=1S/C19H23ClNO6P/c1-11(2)17(18(22)23)21-28(20,25)27-16-8-7-14-9-13(5-6-15(14)10-16)12(3)19(24)26-4/h5-12,17H,1-4H3,(H,21,25)(H,22,23)/t12-,17?,28?/m0/s1. The highest BCUT2D eigenvalue weighted by Gasteiger charge is 2.32. The summed E-state index contributed by atoms with van der Waals surface area (Å²) >= 11 is 5.93. The van der Waals surface area contributed by atoms with Gasteiger partial charge < -0.3 is 14.4 Å². The number of hydrogen-bond acceptors (Lipinski definition) is 5. The van der Waals surface area contributed by atoms with Crippen LogP contribution >= 0.6 is 18.1 Å². The van der Waals surface area contributed by atoms with Gasteiger partial charge in [-0.1, -0.05) is 38.1 Å². The van der Waals surface area contributed by atoms with Crippen molar-refractivity contribution in [1.82, 2.24) is 5.09 Å². The van der Waals surface area contributed by atoms with Gasteiger partial charge in [0.05, 0.1) is 13.0 Å². The fourth-order valence-corrected chi connectivity index (χ4v) is 4.43. The molecule has 0 spiro atoms. The summed E-state index contributed by atoms with van der Waals surface area (Å²) in [6, 6.07) is 9.32. The predicted molar refractivity (Wildman–Crippen MR) is 108 cm³/mol. The van der Waals surface area contributed by atoms with Crippen molar-refractivity contribution in [2.75, 3.05) is 7.11 Å². The van der Waals surface area contributed by atoms with Gasteiger partial charge in [0, 0.05) is 11.2 Å². The monoisotopic (exact) mass is 427 g/mol. The lowest BCUT2D eigenvalue weighted by Gasteiger charge is -2.21. The summed E-state index contributed by atoms with van der Waals surface area (Å²) in [5.74, 6) is -1.99. The Bertz CT molecular complexity index is 932. The zero-order valence-corrected chi connectivity index (χ0v) is 17.7. The van der Waals surface area contributed by atoms with Crippen LogP contribution in [0.15, 0.2) is 36.4 Å². The maximum atomic E-state index is 12.5. The lowest BCUT2D eigenvalue weighted by atomic mass is 9.98. The minimum absolute atomic E-state index is 0.236. The first-order valence-electron chi connectivity index (χ1n) is 8.65. The van der Waals surface area contributed by atoms with Crippen molar-refractivity contribution >= 4 is 40.8 Å². The van der Waals surface area contributed by atoms with Crippen LogP contribution in [-0.4, -0.2) is 30.2 Å². The Hall–Kier alpha value is -2.08. The molecule has 0 saturated carbocycles. The number of fused-ring (bicyclic) bond motifs is 1. The number of carboxylic acids is 1. The number of methoxy groups -OCH3 is 1. The summed E-state index contributed by atoms with van der Waals surface area (Å²) in [6.07, 6.45) is 0. The van der Waals surface area contributed by atoms with Gasteiger partial charge in [-0.2, -0.15) is 0 Å². The van der Waals surface area contributed by atoms with Gasteiger partial charge in [-0.15, -0.1) is 0 Å². The van der Waals surface area contributed by atoms with Crippen LogP contribution < -0.4 is 9.61 Å². The number of halogens is 1. The number of carbonyl (C=O) groups is 2. The normalized spacial score (nSPS) is 15.6. The van der Waals surface area contributed by atoms with Gasteiger partial charge in [0.2, 0.25) is 0 Å². The van der Waals surface area contributed by atoms with Gasteiger partial charge in [0.15, 0.2) is 0 Å². The Morgan fingerprint density at radius 3 is 2.29 bits per heavy atom. The topological polar surface area (TPSA) is 102 Å². The molecule has 0 saturated heterocycles. The second kappa shape index (κ2) is 8.95. The highest BCUT2D eigenvalue weighted by Crippen LogP contribution is 2.49. The third-order valence-electron chi connectivity index (χ3n) is 4.34. The molecule has 0 aliphatic carbocycles.